The van der Waals surface area contributed by atoms with Crippen LogP contribution in [0.2, 0.25) is 0 Å². The maximum absolute atomic E-state index is 14.1. The van der Waals surface area contributed by atoms with Gasteiger partial charge in [-0.1, -0.05) is 18.9 Å². The number of fused-ring (bicyclic) bond motifs is 4. The van der Waals surface area contributed by atoms with Gasteiger partial charge in [-0.25, -0.2) is 4.79 Å². The van der Waals surface area contributed by atoms with E-state index in [1.165, 1.54) is 0 Å². The molecule has 12 heteroatoms. The molecule has 9 N–H and O–H groups in total. The van der Waals surface area contributed by atoms with E-state index in [0.717, 1.165) is 83.7 Å². The van der Waals surface area contributed by atoms with E-state index in [-0.39, 0.29) is 66.8 Å². The Morgan fingerprint density at radius 3 is 2.51 bits per heavy atom. The molecule has 5 heterocycles. The van der Waals surface area contributed by atoms with Crippen LogP contribution in [0.4, 0.5) is 0 Å². The van der Waals surface area contributed by atoms with Crippen molar-refractivity contribution in [3.05, 3.63) is 11.6 Å². The minimum Gasteiger partial charge on any atom is -0.456 e. The largest absolute Gasteiger partial charge is 0.456 e. The lowest BCUT2D eigenvalue weighted by Gasteiger charge is -2.62. The summed E-state index contributed by atoms with van der Waals surface area (Å²) in [7, 11) is 0. The number of nitrogens with one attached hydrogen (secondary N) is 2. The number of hydrogen-bond acceptors (Lipinski definition) is 12. The molecular formula is C41H68N4O8. The average molecular weight is 745 g/mol. The van der Waals surface area contributed by atoms with Gasteiger partial charge in [0.05, 0.1) is 55.4 Å². The van der Waals surface area contributed by atoms with E-state index in [2.05, 4.69) is 17.6 Å². The smallest absolute Gasteiger partial charge is 0.333 e. The van der Waals surface area contributed by atoms with E-state index < -0.39 is 53.9 Å². The van der Waals surface area contributed by atoms with Gasteiger partial charge in [0.15, 0.2) is 0 Å². The highest BCUT2D eigenvalue weighted by molar-refractivity contribution is 5.87. The third-order valence-corrected chi connectivity index (χ3v) is 15.3. The molecule has 15 unspecified atom stereocenters. The quantitative estimate of drug-likeness (QED) is 0.149. The van der Waals surface area contributed by atoms with E-state index in [0.29, 0.717) is 23.8 Å². The number of carbonyl (C=O) groups is 2. The summed E-state index contributed by atoms with van der Waals surface area (Å²) in [6.07, 6.45) is 8.07. The lowest BCUT2D eigenvalue weighted by atomic mass is 9.53. The van der Waals surface area contributed by atoms with Gasteiger partial charge in [-0.2, -0.15) is 0 Å². The van der Waals surface area contributed by atoms with Crippen molar-refractivity contribution in [3.63, 3.8) is 0 Å². The molecular weight excluding hydrogens is 676 g/mol. The van der Waals surface area contributed by atoms with Gasteiger partial charge in [0.1, 0.15) is 17.5 Å². The van der Waals surface area contributed by atoms with Crippen molar-refractivity contribution in [2.45, 2.75) is 159 Å². The molecule has 0 spiro atoms. The molecule has 0 aromatic rings. The molecule has 7 fully saturated rings. The fourth-order valence-electron chi connectivity index (χ4n) is 12.3. The first-order valence-electron chi connectivity index (χ1n) is 21.1. The number of aliphatic hydroxyl groups excluding tert-OH is 3. The summed E-state index contributed by atoms with van der Waals surface area (Å²) in [5.41, 5.74) is 12.9. The molecule has 0 amide bonds. The summed E-state index contributed by atoms with van der Waals surface area (Å²) >= 11 is 0. The summed E-state index contributed by atoms with van der Waals surface area (Å²) in [5.74, 6) is -0.851. The van der Waals surface area contributed by atoms with Crippen LogP contribution in [0.1, 0.15) is 104 Å². The van der Waals surface area contributed by atoms with E-state index in [4.69, 9.17) is 25.7 Å². The number of aliphatic hydroxyl groups is 3. The number of Topliss-reactive ketones (excluding diaryl/α,β-unsaturated/α-hetero) is 1. The van der Waals surface area contributed by atoms with Crippen molar-refractivity contribution >= 4 is 11.8 Å². The van der Waals surface area contributed by atoms with Crippen LogP contribution < -0.4 is 22.1 Å². The zero-order chi connectivity index (χ0) is 37.6. The Balaban J connectivity index is 1.36. The number of piperidine rings is 2. The second-order valence-electron chi connectivity index (χ2n) is 18.4. The molecule has 18 atom stereocenters. The van der Waals surface area contributed by atoms with Crippen molar-refractivity contribution in [2.24, 2.45) is 64.7 Å². The molecule has 5 saturated heterocycles. The number of esters is 1. The van der Waals surface area contributed by atoms with Crippen molar-refractivity contribution < 1.29 is 39.1 Å². The van der Waals surface area contributed by atoms with Crippen LogP contribution in [-0.2, 0) is 23.8 Å². The van der Waals surface area contributed by atoms with Crippen LogP contribution in [0.25, 0.3) is 0 Å². The molecule has 0 radical (unpaired) electrons. The minimum atomic E-state index is -1.05. The van der Waals surface area contributed by atoms with E-state index in [1.807, 2.05) is 6.92 Å². The summed E-state index contributed by atoms with van der Waals surface area (Å²) in [4.78, 5) is 27.7. The third-order valence-electron chi connectivity index (χ3n) is 15.3. The Labute approximate surface area is 315 Å². The second kappa shape index (κ2) is 16.5. The van der Waals surface area contributed by atoms with Crippen molar-refractivity contribution in [1.29, 1.82) is 0 Å². The zero-order valence-corrected chi connectivity index (χ0v) is 32.2. The number of hydrogen-bond donors (Lipinski definition) is 7. The molecule has 2 saturated carbocycles. The van der Waals surface area contributed by atoms with Crippen LogP contribution in [0.15, 0.2) is 11.6 Å². The SMILES string of the molecule is CC=C(C)C(=O)O[C@H]1CC2C(O)C3C(=O)CC(CO)OC3C3C(CC4CCCC(O)C4)C4CCNC(N)C4CC[C@@H](CC4CCC(N)NC4)[C@]1(C)OC23. The highest BCUT2D eigenvalue weighted by Gasteiger charge is 2.65. The van der Waals surface area contributed by atoms with Crippen molar-refractivity contribution in [2.75, 3.05) is 19.7 Å². The molecule has 300 valence electrons. The summed E-state index contributed by atoms with van der Waals surface area (Å²) < 4.78 is 20.9. The van der Waals surface area contributed by atoms with Gasteiger partial charge in [0.25, 0.3) is 0 Å². The third kappa shape index (κ3) is 7.92. The normalized spacial score (nSPS) is 49.3. The highest BCUT2D eigenvalue weighted by Crippen LogP contribution is 2.58. The molecule has 0 aromatic heterocycles. The van der Waals surface area contributed by atoms with Crippen LogP contribution in [0.3, 0.4) is 0 Å². The first-order valence-corrected chi connectivity index (χ1v) is 21.1. The maximum Gasteiger partial charge on any atom is 0.333 e. The van der Waals surface area contributed by atoms with Gasteiger partial charge in [-0.15, -0.1) is 0 Å². The fraction of sp³-hybridized carbons (Fsp3) is 0.902. The molecule has 2 aliphatic carbocycles. The number of rotatable bonds is 7. The first-order chi connectivity index (χ1) is 25.4. The number of nitrogens with two attached hydrogens (primary N) is 2. The Morgan fingerprint density at radius 1 is 0.981 bits per heavy atom. The van der Waals surface area contributed by atoms with E-state index >= 15 is 0 Å². The van der Waals surface area contributed by atoms with Gasteiger partial charge in [-0.3, -0.25) is 4.79 Å². The monoisotopic (exact) mass is 745 g/mol. The lowest BCUT2D eigenvalue weighted by molar-refractivity contribution is -0.306. The Hall–Kier alpha value is -1.48. The van der Waals surface area contributed by atoms with E-state index in [1.54, 1.807) is 13.0 Å². The van der Waals surface area contributed by atoms with Crippen molar-refractivity contribution in [1.82, 2.24) is 10.6 Å². The van der Waals surface area contributed by atoms with Crippen LogP contribution in [-0.4, -0.2) is 101 Å². The van der Waals surface area contributed by atoms with Crippen molar-refractivity contribution in [3.8, 4) is 0 Å². The first kappa shape index (κ1) is 39.7. The predicted octanol–water partition coefficient (Wildman–Crippen LogP) is 2.51. The van der Waals surface area contributed by atoms with E-state index in [9.17, 15) is 24.9 Å². The summed E-state index contributed by atoms with van der Waals surface area (Å²) in [6, 6.07) is 0. The van der Waals surface area contributed by atoms with Gasteiger partial charge in [-0.05, 0) is 134 Å². The van der Waals surface area contributed by atoms with Gasteiger partial charge in [0.2, 0.25) is 0 Å². The molecule has 12 nitrogen and oxygen atoms in total. The van der Waals surface area contributed by atoms with Gasteiger partial charge >= 0.3 is 5.97 Å². The number of ketones is 1. The number of carbonyl (C=O) groups excluding carboxylic acids is 2. The molecule has 53 heavy (non-hydrogen) atoms. The maximum atomic E-state index is 14.1. The predicted molar refractivity (Wildman–Crippen MR) is 199 cm³/mol. The fourth-order valence-corrected chi connectivity index (χ4v) is 12.3. The summed E-state index contributed by atoms with van der Waals surface area (Å²) in [6.45, 7) is 7.05. The highest BCUT2D eigenvalue weighted by atomic mass is 16.6. The molecule has 7 rings (SSSR count). The van der Waals surface area contributed by atoms with Crippen LogP contribution in [0.5, 0.6) is 0 Å². The molecule has 7 aliphatic rings. The zero-order valence-electron chi connectivity index (χ0n) is 32.2. The van der Waals surface area contributed by atoms with Gasteiger partial charge in [0, 0.05) is 23.8 Å². The molecule has 5 aliphatic heterocycles. The van der Waals surface area contributed by atoms with Crippen LogP contribution in [0, 0.1) is 53.3 Å². The number of allylic oxidation sites excluding steroid dienone is 1. The van der Waals surface area contributed by atoms with Crippen LogP contribution >= 0.6 is 0 Å². The minimum absolute atomic E-state index is 0.0114. The second-order valence-corrected chi connectivity index (χ2v) is 18.4. The Morgan fingerprint density at radius 2 is 1.79 bits per heavy atom. The summed E-state index contributed by atoms with van der Waals surface area (Å²) in [5, 5.41) is 40.6. The number of ether oxygens (including phenoxy) is 3. The Kier molecular flexibility index (Phi) is 12.4. The lowest BCUT2D eigenvalue weighted by Crippen LogP contribution is -2.71. The average Bonchev–Trinajstić information content (AvgIpc) is 3.13. The standard InChI is InChI=1S/C41H68N4O8/c1-4-21(2)40(50)52-32-18-30-36(49)35-31(48)17-26(20-46)51-38(35)34-29(16-22-6-5-7-25(47)15-22)27-12-13-44-39(43)28(27)10-9-24(41(32,3)53-37(30)34)14-23-8-11-33(42)45-19-23/h4,22-30,32-39,44-47,49H,5-20,42-43H2,1-3H3/t22?,23?,24-,25?,26?,27?,28?,29?,30?,32-,33?,34?,35?,36?,37?,38?,39?,41-/m0/s1. The Bertz CT molecular complexity index is 1330. The molecule has 0 aromatic carbocycles. The molecule has 2 bridgehead atoms. The van der Waals surface area contributed by atoms with Gasteiger partial charge < -0.3 is 51.6 Å². The topological polar surface area (TPSA) is 199 Å².